The van der Waals surface area contributed by atoms with Crippen molar-refractivity contribution < 1.29 is 4.79 Å². The molecule has 0 radical (unpaired) electrons. The first-order valence-corrected chi connectivity index (χ1v) is 8.65. The van der Waals surface area contributed by atoms with E-state index in [1.54, 1.807) is 0 Å². The number of nitrogens with zero attached hydrogens (tertiary/aromatic N) is 2. The van der Waals surface area contributed by atoms with E-state index >= 15 is 0 Å². The summed E-state index contributed by atoms with van der Waals surface area (Å²) in [5.74, 6) is 0.332. The smallest absolute Gasteiger partial charge is 0.222 e. The number of carbonyl (C=O) groups excluding carboxylic acids is 1. The van der Waals surface area contributed by atoms with E-state index in [1.807, 2.05) is 0 Å². The minimum Gasteiger partial charge on any atom is -0.343 e. The van der Waals surface area contributed by atoms with Crippen molar-refractivity contribution in [2.45, 2.75) is 65.8 Å². The van der Waals surface area contributed by atoms with Crippen molar-refractivity contribution in [2.24, 2.45) is 11.1 Å². The molecule has 0 unspecified atom stereocenters. The Hall–Kier alpha value is -0.610. The van der Waals surface area contributed by atoms with Crippen molar-refractivity contribution in [2.75, 3.05) is 32.7 Å². The SMILES string of the molecule is CCN(CC)C1CCN(C(=O)CCC(C)(C)CCN)CC1. The van der Waals surface area contributed by atoms with Gasteiger partial charge < -0.3 is 15.5 Å². The summed E-state index contributed by atoms with van der Waals surface area (Å²) in [7, 11) is 0. The third kappa shape index (κ3) is 5.95. The Balaban J connectivity index is 2.35. The second-order valence-electron chi connectivity index (χ2n) is 7.04. The van der Waals surface area contributed by atoms with Crippen LogP contribution >= 0.6 is 0 Å². The highest BCUT2D eigenvalue weighted by Gasteiger charge is 2.26. The maximum atomic E-state index is 12.3. The highest BCUT2D eigenvalue weighted by Crippen LogP contribution is 2.27. The van der Waals surface area contributed by atoms with Crippen LogP contribution in [0.5, 0.6) is 0 Å². The lowest BCUT2D eigenvalue weighted by molar-refractivity contribution is -0.133. The minimum absolute atomic E-state index is 0.184. The lowest BCUT2D eigenvalue weighted by atomic mass is 9.84. The largest absolute Gasteiger partial charge is 0.343 e. The van der Waals surface area contributed by atoms with Crippen LogP contribution in [0.3, 0.4) is 0 Å². The normalized spacial score (nSPS) is 17.5. The Labute approximate surface area is 131 Å². The summed E-state index contributed by atoms with van der Waals surface area (Å²) in [5.41, 5.74) is 5.82. The molecule has 1 aliphatic rings. The van der Waals surface area contributed by atoms with Crippen molar-refractivity contribution in [3.63, 3.8) is 0 Å². The van der Waals surface area contributed by atoms with Crippen LogP contribution in [0.15, 0.2) is 0 Å². The van der Waals surface area contributed by atoms with Gasteiger partial charge in [0.25, 0.3) is 0 Å². The molecule has 0 aromatic rings. The average Bonchev–Trinajstić information content (AvgIpc) is 2.47. The Morgan fingerprint density at radius 1 is 1.19 bits per heavy atom. The van der Waals surface area contributed by atoms with Gasteiger partial charge in [0, 0.05) is 25.6 Å². The predicted octanol–water partition coefficient (Wildman–Crippen LogP) is 2.47. The zero-order valence-electron chi connectivity index (χ0n) is 14.5. The minimum atomic E-state index is 0.184. The highest BCUT2D eigenvalue weighted by atomic mass is 16.2. The van der Waals surface area contributed by atoms with Gasteiger partial charge in [-0.25, -0.2) is 0 Å². The van der Waals surface area contributed by atoms with Crippen molar-refractivity contribution in [1.29, 1.82) is 0 Å². The van der Waals surface area contributed by atoms with E-state index < -0.39 is 0 Å². The van der Waals surface area contributed by atoms with Gasteiger partial charge in [0.1, 0.15) is 0 Å². The summed E-state index contributed by atoms with van der Waals surface area (Å²) in [4.78, 5) is 16.9. The van der Waals surface area contributed by atoms with Crippen LogP contribution in [0.4, 0.5) is 0 Å². The van der Waals surface area contributed by atoms with Gasteiger partial charge >= 0.3 is 0 Å². The number of hydrogen-bond donors (Lipinski definition) is 1. The zero-order valence-corrected chi connectivity index (χ0v) is 14.5. The number of hydrogen-bond acceptors (Lipinski definition) is 3. The first-order valence-electron chi connectivity index (χ1n) is 8.65. The molecule has 1 aliphatic heterocycles. The van der Waals surface area contributed by atoms with Gasteiger partial charge in [0.05, 0.1) is 0 Å². The van der Waals surface area contributed by atoms with Gasteiger partial charge in [-0.1, -0.05) is 27.7 Å². The van der Waals surface area contributed by atoms with Crippen molar-refractivity contribution in [3.05, 3.63) is 0 Å². The van der Waals surface area contributed by atoms with E-state index in [0.717, 1.165) is 51.9 Å². The molecule has 0 aliphatic carbocycles. The Kier molecular flexibility index (Phi) is 7.67. The number of rotatable bonds is 8. The van der Waals surface area contributed by atoms with Gasteiger partial charge in [-0.15, -0.1) is 0 Å². The second-order valence-corrected chi connectivity index (χ2v) is 7.04. The molecule has 1 fully saturated rings. The molecule has 1 saturated heterocycles. The Morgan fingerprint density at radius 3 is 2.24 bits per heavy atom. The van der Waals surface area contributed by atoms with E-state index in [2.05, 4.69) is 37.5 Å². The summed E-state index contributed by atoms with van der Waals surface area (Å²) in [6.07, 6.45) is 4.85. The number of piperidine rings is 1. The summed E-state index contributed by atoms with van der Waals surface area (Å²) >= 11 is 0. The third-order valence-electron chi connectivity index (χ3n) is 4.98. The van der Waals surface area contributed by atoms with E-state index in [9.17, 15) is 4.79 Å². The second kappa shape index (κ2) is 8.74. The van der Waals surface area contributed by atoms with Crippen LogP contribution in [0.2, 0.25) is 0 Å². The zero-order chi connectivity index (χ0) is 15.9. The molecule has 124 valence electrons. The Bertz CT molecular complexity index is 305. The van der Waals surface area contributed by atoms with Crippen molar-refractivity contribution >= 4 is 5.91 Å². The molecule has 4 heteroatoms. The first kappa shape index (κ1) is 18.4. The molecule has 0 spiro atoms. The van der Waals surface area contributed by atoms with Crippen LogP contribution in [0, 0.1) is 5.41 Å². The molecule has 0 bridgehead atoms. The van der Waals surface area contributed by atoms with Gasteiger partial charge in [0.2, 0.25) is 5.91 Å². The molecule has 1 heterocycles. The maximum Gasteiger partial charge on any atom is 0.222 e. The Morgan fingerprint density at radius 2 is 1.76 bits per heavy atom. The molecule has 0 atom stereocenters. The van der Waals surface area contributed by atoms with Crippen LogP contribution in [0.25, 0.3) is 0 Å². The lowest BCUT2D eigenvalue weighted by Crippen LogP contribution is -2.46. The summed E-state index contributed by atoms with van der Waals surface area (Å²) in [6, 6.07) is 0.665. The topological polar surface area (TPSA) is 49.6 Å². The van der Waals surface area contributed by atoms with E-state index in [0.29, 0.717) is 24.9 Å². The molecule has 0 aromatic carbocycles. The number of likely N-dealkylation sites (tertiary alicyclic amines) is 1. The molecule has 0 aromatic heterocycles. The molecule has 1 amide bonds. The quantitative estimate of drug-likeness (QED) is 0.749. The van der Waals surface area contributed by atoms with Crippen molar-refractivity contribution in [1.82, 2.24) is 9.80 Å². The number of carbonyl (C=O) groups is 1. The molecule has 1 rings (SSSR count). The summed E-state index contributed by atoms with van der Waals surface area (Å²) in [5, 5.41) is 0. The molecule has 2 N–H and O–H groups in total. The van der Waals surface area contributed by atoms with Crippen molar-refractivity contribution in [3.8, 4) is 0 Å². The summed E-state index contributed by atoms with van der Waals surface area (Å²) < 4.78 is 0. The highest BCUT2D eigenvalue weighted by molar-refractivity contribution is 5.76. The monoisotopic (exact) mass is 297 g/mol. The fourth-order valence-corrected chi connectivity index (χ4v) is 3.34. The van der Waals surface area contributed by atoms with Crippen LogP contribution < -0.4 is 5.73 Å². The third-order valence-corrected chi connectivity index (χ3v) is 4.98. The lowest BCUT2D eigenvalue weighted by Gasteiger charge is -2.38. The van der Waals surface area contributed by atoms with Gasteiger partial charge in [0.15, 0.2) is 0 Å². The molecule has 0 saturated carbocycles. The van der Waals surface area contributed by atoms with Crippen LogP contribution in [0.1, 0.15) is 59.8 Å². The van der Waals surface area contributed by atoms with E-state index in [4.69, 9.17) is 5.73 Å². The maximum absolute atomic E-state index is 12.3. The van der Waals surface area contributed by atoms with Gasteiger partial charge in [-0.05, 0) is 50.7 Å². The molecule has 21 heavy (non-hydrogen) atoms. The van der Waals surface area contributed by atoms with Crippen LogP contribution in [-0.2, 0) is 4.79 Å². The first-order chi connectivity index (χ1) is 9.93. The molecular formula is C17H35N3O. The van der Waals surface area contributed by atoms with Crippen LogP contribution in [-0.4, -0.2) is 54.5 Å². The molecular weight excluding hydrogens is 262 g/mol. The number of nitrogens with two attached hydrogens (primary N) is 1. The fourth-order valence-electron chi connectivity index (χ4n) is 3.34. The standard InChI is InChI=1S/C17H35N3O/c1-5-19(6-2)15-8-13-20(14-9-15)16(21)7-10-17(3,4)11-12-18/h15H,5-14,18H2,1-4H3. The predicted molar refractivity (Wildman–Crippen MR) is 89.2 cm³/mol. The van der Waals surface area contributed by atoms with Gasteiger partial charge in [-0.3, -0.25) is 4.79 Å². The summed E-state index contributed by atoms with van der Waals surface area (Å²) in [6.45, 7) is 13.6. The molecule has 4 nitrogen and oxygen atoms in total. The van der Waals surface area contributed by atoms with E-state index in [1.165, 1.54) is 0 Å². The number of amides is 1. The van der Waals surface area contributed by atoms with Gasteiger partial charge in [-0.2, -0.15) is 0 Å². The average molecular weight is 297 g/mol. The van der Waals surface area contributed by atoms with E-state index in [-0.39, 0.29) is 5.41 Å². The fraction of sp³-hybridized carbons (Fsp3) is 0.941.